The molecule has 1 atom stereocenters. The maximum Gasteiger partial charge on any atom is 0.251 e. The van der Waals surface area contributed by atoms with Gasteiger partial charge in [0.15, 0.2) is 11.6 Å². The number of carbonyl (C=O) groups is 1. The van der Waals surface area contributed by atoms with Gasteiger partial charge in [-0.25, -0.2) is 14.6 Å². The van der Waals surface area contributed by atoms with Gasteiger partial charge in [-0.05, 0) is 23.8 Å². The number of hydrogen-bond acceptors (Lipinski definition) is 3. The van der Waals surface area contributed by atoms with Gasteiger partial charge in [0.1, 0.15) is 5.25 Å². The Labute approximate surface area is 119 Å². The van der Waals surface area contributed by atoms with E-state index in [9.17, 15) is 13.6 Å². The van der Waals surface area contributed by atoms with Crippen LogP contribution in [0.25, 0.3) is 0 Å². The number of hydrazine groups is 1. The lowest BCUT2D eigenvalue weighted by Crippen LogP contribution is -2.33. The van der Waals surface area contributed by atoms with Crippen LogP contribution in [0.15, 0.2) is 53.4 Å². The Bertz CT molecular complexity index is 607. The smallest absolute Gasteiger partial charge is 0.251 e. The molecule has 1 unspecified atom stereocenters. The number of halogens is 2. The molecule has 20 heavy (non-hydrogen) atoms. The number of amides is 1. The number of carbonyl (C=O) groups excluding carboxylic acids is 1. The van der Waals surface area contributed by atoms with Crippen molar-refractivity contribution in [2.24, 2.45) is 5.84 Å². The second-order valence-electron chi connectivity index (χ2n) is 3.99. The van der Waals surface area contributed by atoms with Crippen molar-refractivity contribution < 1.29 is 13.6 Å². The zero-order valence-electron chi connectivity index (χ0n) is 10.3. The van der Waals surface area contributed by atoms with Crippen molar-refractivity contribution in [1.82, 2.24) is 5.43 Å². The average Bonchev–Trinajstić information content (AvgIpc) is 2.48. The van der Waals surface area contributed by atoms with Crippen molar-refractivity contribution >= 4 is 17.7 Å². The molecular weight excluding hydrogens is 282 g/mol. The molecule has 0 saturated carbocycles. The van der Waals surface area contributed by atoms with Gasteiger partial charge in [-0.15, -0.1) is 11.8 Å². The maximum atomic E-state index is 13.2. The second-order valence-corrected chi connectivity index (χ2v) is 5.17. The molecule has 0 aromatic heterocycles. The molecule has 1 amide bonds. The standard InChI is InChI=1S/C14H12F2N2OS/c15-11-7-6-10(8-12(11)16)20-13(14(19)18-17)9-4-2-1-3-5-9/h1-8,13H,17H2,(H,18,19). The monoisotopic (exact) mass is 294 g/mol. The van der Waals surface area contributed by atoms with Crippen molar-refractivity contribution in [3.63, 3.8) is 0 Å². The molecule has 0 saturated heterocycles. The van der Waals surface area contributed by atoms with E-state index < -0.39 is 22.8 Å². The topological polar surface area (TPSA) is 55.1 Å². The molecule has 3 N–H and O–H groups in total. The molecule has 0 aliphatic carbocycles. The third kappa shape index (κ3) is 3.34. The Balaban J connectivity index is 2.28. The molecule has 0 bridgehead atoms. The highest BCUT2D eigenvalue weighted by Gasteiger charge is 2.21. The summed E-state index contributed by atoms with van der Waals surface area (Å²) in [4.78, 5) is 12.3. The van der Waals surface area contributed by atoms with Crippen molar-refractivity contribution in [2.75, 3.05) is 0 Å². The minimum absolute atomic E-state index is 0.411. The third-order valence-electron chi connectivity index (χ3n) is 2.63. The Morgan fingerprint density at radius 2 is 1.80 bits per heavy atom. The van der Waals surface area contributed by atoms with Crippen LogP contribution in [-0.2, 0) is 4.79 Å². The van der Waals surface area contributed by atoms with Gasteiger partial charge in [0.05, 0.1) is 0 Å². The highest BCUT2D eigenvalue weighted by molar-refractivity contribution is 8.00. The molecule has 2 rings (SSSR count). The first-order valence-electron chi connectivity index (χ1n) is 5.79. The normalized spacial score (nSPS) is 11.9. The number of nitrogens with one attached hydrogen (secondary N) is 1. The largest absolute Gasteiger partial charge is 0.293 e. The van der Waals surface area contributed by atoms with E-state index in [2.05, 4.69) is 5.43 Å². The number of hydrogen-bond donors (Lipinski definition) is 2. The van der Waals surface area contributed by atoms with Crippen LogP contribution < -0.4 is 11.3 Å². The quantitative estimate of drug-likeness (QED) is 0.394. The highest BCUT2D eigenvalue weighted by atomic mass is 32.2. The van der Waals surface area contributed by atoms with Crippen molar-refractivity contribution in [1.29, 1.82) is 0 Å². The van der Waals surface area contributed by atoms with Crippen LogP contribution >= 0.6 is 11.8 Å². The molecule has 2 aromatic carbocycles. The zero-order valence-corrected chi connectivity index (χ0v) is 11.2. The molecule has 0 aliphatic rings. The van der Waals surface area contributed by atoms with E-state index in [0.29, 0.717) is 4.90 Å². The average molecular weight is 294 g/mol. The van der Waals surface area contributed by atoms with Crippen molar-refractivity contribution in [3.05, 3.63) is 65.7 Å². The van der Waals surface area contributed by atoms with Crippen LogP contribution in [0.1, 0.15) is 10.8 Å². The van der Waals surface area contributed by atoms with Crippen molar-refractivity contribution in [3.8, 4) is 0 Å². The Kier molecular flexibility index (Phi) is 4.70. The van der Waals surface area contributed by atoms with E-state index in [0.717, 1.165) is 29.5 Å². The summed E-state index contributed by atoms with van der Waals surface area (Å²) >= 11 is 1.10. The number of nitrogens with two attached hydrogens (primary N) is 1. The number of benzene rings is 2. The first-order valence-corrected chi connectivity index (χ1v) is 6.67. The molecule has 0 radical (unpaired) electrons. The molecule has 104 valence electrons. The lowest BCUT2D eigenvalue weighted by atomic mass is 10.1. The predicted molar refractivity (Wildman–Crippen MR) is 73.7 cm³/mol. The first kappa shape index (κ1) is 14.5. The van der Waals surface area contributed by atoms with Crippen LogP contribution in [0, 0.1) is 11.6 Å². The minimum atomic E-state index is -0.949. The first-order chi connectivity index (χ1) is 9.61. The van der Waals surface area contributed by atoms with E-state index in [-0.39, 0.29) is 0 Å². The van der Waals surface area contributed by atoms with Gasteiger partial charge in [0.25, 0.3) is 5.91 Å². The maximum absolute atomic E-state index is 13.2. The van der Waals surface area contributed by atoms with Gasteiger partial charge < -0.3 is 0 Å². The lowest BCUT2D eigenvalue weighted by molar-refractivity contribution is -0.120. The Morgan fingerprint density at radius 1 is 1.10 bits per heavy atom. The van der Waals surface area contributed by atoms with Gasteiger partial charge in [-0.3, -0.25) is 10.2 Å². The van der Waals surface area contributed by atoms with Gasteiger partial charge in [0, 0.05) is 4.90 Å². The Hall–Kier alpha value is -1.92. The summed E-state index contributed by atoms with van der Waals surface area (Å²) in [5.74, 6) is 2.89. The number of rotatable bonds is 4. The Morgan fingerprint density at radius 3 is 2.40 bits per heavy atom. The fourth-order valence-electron chi connectivity index (χ4n) is 1.66. The zero-order chi connectivity index (χ0) is 14.5. The second kappa shape index (κ2) is 6.49. The van der Waals surface area contributed by atoms with Gasteiger partial charge in [-0.1, -0.05) is 30.3 Å². The molecule has 0 heterocycles. The third-order valence-corrected chi connectivity index (χ3v) is 3.88. The SMILES string of the molecule is NNC(=O)C(Sc1ccc(F)c(F)c1)c1ccccc1. The summed E-state index contributed by atoms with van der Waals surface area (Å²) in [7, 11) is 0. The van der Waals surface area contributed by atoms with Crippen LogP contribution in [-0.4, -0.2) is 5.91 Å². The summed E-state index contributed by atoms with van der Waals surface area (Å²) in [5, 5.41) is -0.633. The van der Waals surface area contributed by atoms with Crippen LogP contribution in [0.3, 0.4) is 0 Å². The van der Waals surface area contributed by atoms with Gasteiger partial charge in [0.2, 0.25) is 0 Å². The van der Waals surface area contributed by atoms with Crippen LogP contribution in [0.2, 0.25) is 0 Å². The molecule has 0 spiro atoms. The minimum Gasteiger partial charge on any atom is -0.293 e. The van der Waals surface area contributed by atoms with E-state index in [1.165, 1.54) is 6.07 Å². The van der Waals surface area contributed by atoms with Crippen LogP contribution in [0.5, 0.6) is 0 Å². The molecular formula is C14H12F2N2OS. The summed E-state index contributed by atoms with van der Waals surface area (Å²) in [6.07, 6.45) is 0. The fourth-order valence-corrected chi connectivity index (χ4v) is 2.72. The van der Waals surface area contributed by atoms with Crippen LogP contribution in [0.4, 0.5) is 8.78 Å². The summed E-state index contributed by atoms with van der Waals surface area (Å²) < 4.78 is 26.1. The molecule has 6 heteroatoms. The van der Waals surface area contributed by atoms with Gasteiger partial charge in [-0.2, -0.15) is 0 Å². The van der Waals surface area contributed by atoms with E-state index in [4.69, 9.17) is 5.84 Å². The summed E-state index contributed by atoms with van der Waals surface area (Å²) in [6, 6.07) is 12.4. The molecule has 3 nitrogen and oxygen atoms in total. The summed E-state index contributed by atoms with van der Waals surface area (Å²) in [6.45, 7) is 0. The molecule has 2 aromatic rings. The fraction of sp³-hybridized carbons (Fsp3) is 0.0714. The number of thioether (sulfide) groups is 1. The summed E-state index contributed by atoms with van der Waals surface area (Å²) in [5.41, 5.74) is 2.81. The molecule has 0 aliphatic heterocycles. The highest BCUT2D eigenvalue weighted by Crippen LogP contribution is 2.35. The molecule has 0 fully saturated rings. The van der Waals surface area contributed by atoms with E-state index in [1.54, 1.807) is 24.3 Å². The van der Waals surface area contributed by atoms with E-state index >= 15 is 0 Å². The van der Waals surface area contributed by atoms with Gasteiger partial charge >= 0.3 is 0 Å². The predicted octanol–water partition coefficient (Wildman–Crippen LogP) is 2.79. The van der Waals surface area contributed by atoms with Crippen molar-refractivity contribution in [2.45, 2.75) is 10.1 Å². The van der Waals surface area contributed by atoms with E-state index in [1.807, 2.05) is 6.07 Å². The lowest BCUT2D eigenvalue weighted by Gasteiger charge is -2.15.